The summed E-state index contributed by atoms with van der Waals surface area (Å²) in [6.07, 6.45) is 3.68. The summed E-state index contributed by atoms with van der Waals surface area (Å²) in [5, 5.41) is 14.4. The van der Waals surface area contributed by atoms with Crippen LogP contribution < -0.4 is 5.32 Å². The second-order valence-corrected chi connectivity index (χ2v) is 6.55. The fraction of sp³-hybridized carbons (Fsp3) is 0.250. The van der Waals surface area contributed by atoms with E-state index in [1.807, 2.05) is 30.5 Å². The maximum absolute atomic E-state index is 11.0. The van der Waals surface area contributed by atoms with Crippen molar-refractivity contribution in [3.8, 4) is 11.3 Å². The fourth-order valence-electron chi connectivity index (χ4n) is 3.43. The van der Waals surface area contributed by atoms with Gasteiger partial charge in [-0.3, -0.25) is 20.0 Å². The van der Waals surface area contributed by atoms with E-state index in [0.717, 1.165) is 25.4 Å². The standard InChI is InChI=1S/C20H20N4O3.ClH/c25-24(26)17-5-1-3-15(11-17)20-7-6-18(27-20)14-23-10-9-22-13-19(23)16-4-2-8-21-12-16;/h1-8,11-12,19,22H,9-10,13-14H2;1H. The van der Waals surface area contributed by atoms with Gasteiger partial charge in [0.1, 0.15) is 11.5 Å². The molecule has 3 heterocycles. The molecule has 4 rings (SSSR count). The van der Waals surface area contributed by atoms with Crippen molar-refractivity contribution in [2.75, 3.05) is 19.6 Å². The molecule has 28 heavy (non-hydrogen) atoms. The Bertz CT molecular complexity index is 932. The highest BCUT2D eigenvalue weighted by molar-refractivity contribution is 5.85. The highest BCUT2D eigenvalue weighted by Crippen LogP contribution is 2.28. The molecule has 1 aliphatic rings. The Balaban J connectivity index is 0.00000225. The molecule has 8 heteroatoms. The number of hydrogen-bond acceptors (Lipinski definition) is 6. The average molecular weight is 401 g/mol. The number of nitrogens with zero attached hydrogens (tertiary/aromatic N) is 3. The second kappa shape index (κ2) is 8.97. The Morgan fingerprint density at radius 3 is 2.93 bits per heavy atom. The van der Waals surface area contributed by atoms with Crippen LogP contribution in [0, 0.1) is 10.1 Å². The van der Waals surface area contributed by atoms with Gasteiger partial charge < -0.3 is 9.73 Å². The number of piperazine rings is 1. The summed E-state index contributed by atoms with van der Waals surface area (Å²) in [4.78, 5) is 17.2. The number of nitrogens with one attached hydrogen (secondary N) is 1. The fourth-order valence-corrected chi connectivity index (χ4v) is 3.43. The molecule has 0 aliphatic carbocycles. The van der Waals surface area contributed by atoms with Crippen LogP contribution >= 0.6 is 12.4 Å². The van der Waals surface area contributed by atoms with Gasteiger partial charge >= 0.3 is 0 Å². The molecular formula is C20H21ClN4O3. The first-order valence-electron chi connectivity index (χ1n) is 8.89. The molecule has 1 aliphatic heterocycles. The monoisotopic (exact) mass is 400 g/mol. The lowest BCUT2D eigenvalue weighted by Gasteiger charge is -2.35. The predicted molar refractivity (Wildman–Crippen MR) is 108 cm³/mol. The molecule has 1 fully saturated rings. The van der Waals surface area contributed by atoms with Crippen molar-refractivity contribution in [1.82, 2.24) is 15.2 Å². The summed E-state index contributed by atoms with van der Waals surface area (Å²) in [7, 11) is 0. The van der Waals surface area contributed by atoms with Gasteiger partial charge in [0.25, 0.3) is 5.69 Å². The summed E-state index contributed by atoms with van der Waals surface area (Å²) in [6.45, 7) is 3.38. The van der Waals surface area contributed by atoms with Gasteiger partial charge in [-0.25, -0.2) is 0 Å². The van der Waals surface area contributed by atoms with Gasteiger partial charge in [0, 0.05) is 55.8 Å². The molecule has 146 valence electrons. The van der Waals surface area contributed by atoms with Crippen molar-refractivity contribution in [2.24, 2.45) is 0 Å². The lowest BCUT2D eigenvalue weighted by molar-refractivity contribution is -0.384. The number of aromatic nitrogens is 1. The maximum atomic E-state index is 11.0. The highest BCUT2D eigenvalue weighted by Gasteiger charge is 2.25. The van der Waals surface area contributed by atoms with E-state index in [0.29, 0.717) is 17.9 Å². The lowest BCUT2D eigenvalue weighted by Crippen LogP contribution is -2.45. The zero-order valence-corrected chi connectivity index (χ0v) is 16.0. The molecular weight excluding hydrogens is 380 g/mol. The van der Waals surface area contributed by atoms with Gasteiger partial charge in [-0.05, 0) is 23.8 Å². The first kappa shape index (κ1) is 20.0. The molecule has 1 saturated heterocycles. The summed E-state index contributed by atoms with van der Waals surface area (Å²) in [5.74, 6) is 1.48. The van der Waals surface area contributed by atoms with Crippen molar-refractivity contribution in [3.05, 3.63) is 82.4 Å². The van der Waals surface area contributed by atoms with E-state index in [9.17, 15) is 10.1 Å². The smallest absolute Gasteiger partial charge is 0.270 e. The number of furan rings is 1. The van der Waals surface area contributed by atoms with Crippen molar-refractivity contribution in [2.45, 2.75) is 12.6 Å². The predicted octanol–water partition coefficient (Wildman–Crippen LogP) is 3.82. The molecule has 3 aromatic rings. The van der Waals surface area contributed by atoms with Crippen molar-refractivity contribution >= 4 is 18.1 Å². The first-order valence-corrected chi connectivity index (χ1v) is 8.89. The number of nitro groups is 1. The number of nitro benzene ring substituents is 1. The molecule has 1 unspecified atom stereocenters. The minimum Gasteiger partial charge on any atom is -0.460 e. The Kier molecular flexibility index (Phi) is 6.41. The van der Waals surface area contributed by atoms with Crippen LogP contribution in [0.1, 0.15) is 17.4 Å². The number of benzene rings is 1. The third-order valence-electron chi connectivity index (χ3n) is 4.79. The molecule has 7 nitrogen and oxygen atoms in total. The Morgan fingerprint density at radius 2 is 2.14 bits per heavy atom. The SMILES string of the molecule is Cl.O=[N+]([O-])c1cccc(-c2ccc(CN3CCNCC3c3cccnc3)o2)c1. The van der Waals surface area contributed by atoms with Gasteiger partial charge in [-0.15, -0.1) is 12.4 Å². The molecule has 0 amide bonds. The van der Waals surface area contributed by atoms with E-state index in [4.69, 9.17) is 4.42 Å². The Morgan fingerprint density at radius 1 is 1.25 bits per heavy atom. The first-order chi connectivity index (χ1) is 13.2. The van der Waals surface area contributed by atoms with Crippen LogP contribution in [-0.4, -0.2) is 34.4 Å². The van der Waals surface area contributed by atoms with Crippen molar-refractivity contribution in [3.63, 3.8) is 0 Å². The quantitative estimate of drug-likeness (QED) is 0.517. The molecule has 0 saturated carbocycles. The van der Waals surface area contributed by atoms with E-state index in [-0.39, 0.29) is 24.1 Å². The zero-order chi connectivity index (χ0) is 18.6. The van der Waals surface area contributed by atoms with Crippen molar-refractivity contribution in [1.29, 1.82) is 0 Å². The number of pyridine rings is 1. The number of non-ortho nitro benzene ring substituents is 1. The third kappa shape index (κ3) is 4.39. The minimum absolute atomic E-state index is 0. The molecule has 1 N–H and O–H groups in total. The minimum atomic E-state index is -0.396. The summed E-state index contributed by atoms with van der Waals surface area (Å²) < 4.78 is 5.99. The molecule has 0 bridgehead atoms. The average Bonchev–Trinajstić information content (AvgIpc) is 3.18. The van der Waals surface area contributed by atoms with Crippen LogP contribution in [-0.2, 0) is 6.54 Å². The van der Waals surface area contributed by atoms with Crippen LogP contribution in [0.3, 0.4) is 0 Å². The molecule has 2 aromatic heterocycles. The number of halogens is 1. The van der Waals surface area contributed by atoms with E-state index < -0.39 is 4.92 Å². The second-order valence-electron chi connectivity index (χ2n) is 6.55. The molecule has 0 spiro atoms. The van der Waals surface area contributed by atoms with Gasteiger partial charge in [0.2, 0.25) is 0 Å². The van der Waals surface area contributed by atoms with Gasteiger partial charge in [0.15, 0.2) is 0 Å². The van der Waals surface area contributed by atoms with Crippen LogP contribution in [0.4, 0.5) is 5.69 Å². The molecule has 1 atom stereocenters. The Hall–Kier alpha value is -2.74. The van der Waals surface area contributed by atoms with Crippen LogP contribution in [0.25, 0.3) is 11.3 Å². The molecule has 1 aromatic carbocycles. The summed E-state index contributed by atoms with van der Waals surface area (Å²) >= 11 is 0. The van der Waals surface area contributed by atoms with Gasteiger partial charge in [-0.2, -0.15) is 0 Å². The van der Waals surface area contributed by atoms with Crippen LogP contribution in [0.5, 0.6) is 0 Å². The maximum Gasteiger partial charge on any atom is 0.270 e. The largest absolute Gasteiger partial charge is 0.460 e. The summed E-state index contributed by atoms with van der Waals surface area (Å²) in [6, 6.07) is 14.6. The van der Waals surface area contributed by atoms with Crippen LogP contribution in [0.2, 0.25) is 0 Å². The van der Waals surface area contributed by atoms with Crippen molar-refractivity contribution < 1.29 is 9.34 Å². The van der Waals surface area contributed by atoms with Crippen LogP contribution in [0.15, 0.2) is 65.3 Å². The number of rotatable bonds is 5. The van der Waals surface area contributed by atoms with E-state index in [1.165, 1.54) is 17.7 Å². The normalized spacial score (nSPS) is 17.1. The number of hydrogen-bond donors (Lipinski definition) is 1. The van der Waals surface area contributed by atoms with E-state index in [2.05, 4.69) is 21.3 Å². The lowest BCUT2D eigenvalue weighted by atomic mass is 10.1. The highest BCUT2D eigenvalue weighted by atomic mass is 35.5. The topological polar surface area (TPSA) is 84.4 Å². The molecule has 0 radical (unpaired) electrons. The Labute approximate surface area is 168 Å². The van der Waals surface area contributed by atoms with Gasteiger partial charge in [0.05, 0.1) is 11.5 Å². The third-order valence-corrected chi connectivity index (χ3v) is 4.79. The van der Waals surface area contributed by atoms with Gasteiger partial charge in [-0.1, -0.05) is 18.2 Å². The van der Waals surface area contributed by atoms with E-state index >= 15 is 0 Å². The zero-order valence-electron chi connectivity index (χ0n) is 15.2. The van der Waals surface area contributed by atoms with E-state index in [1.54, 1.807) is 12.3 Å². The summed E-state index contributed by atoms with van der Waals surface area (Å²) in [5.41, 5.74) is 1.94.